The predicted molar refractivity (Wildman–Crippen MR) is 29.7 cm³/mol. The van der Waals surface area contributed by atoms with Crippen molar-refractivity contribution in [1.29, 1.82) is 0 Å². The molecule has 0 radical (unpaired) electrons. The SMILES string of the molecule is OCCO[CH]([K])CO. The van der Waals surface area contributed by atoms with Crippen molar-refractivity contribution in [2.45, 2.75) is 0.199 Å². The van der Waals surface area contributed by atoms with Crippen LogP contribution in [0.4, 0.5) is 0 Å². The van der Waals surface area contributed by atoms with E-state index >= 15 is 0 Å². The summed E-state index contributed by atoms with van der Waals surface area (Å²) in [6.07, 6.45) is 0. The quantitative estimate of drug-likeness (QED) is 0.471. The van der Waals surface area contributed by atoms with E-state index in [1.54, 1.807) is 0 Å². The molecular formula is C4H9KO3. The van der Waals surface area contributed by atoms with Crippen LogP contribution in [-0.4, -0.2) is 79.2 Å². The van der Waals surface area contributed by atoms with Crippen molar-refractivity contribution in [2.24, 2.45) is 0 Å². The van der Waals surface area contributed by atoms with Crippen LogP contribution < -0.4 is 0 Å². The first-order valence-corrected chi connectivity index (χ1v) is 4.45. The van der Waals surface area contributed by atoms with Crippen LogP contribution in [0.2, 0.25) is 0 Å². The number of hydrogen-bond acceptors (Lipinski definition) is 3. The summed E-state index contributed by atoms with van der Waals surface area (Å²) in [7, 11) is 0. The Morgan fingerprint density at radius 1 is 1.50 bits per heavy atom. The Morgan fingerprint density at radius 3 is 2.50 bits per heavy atom. The summed E-state index contributed by atoms with van der Waals surface area (Å²) in [4.78, 5) is 0. The van der Waals surface area contributed by atoms with Crippen molar-refractivity contribution in [3.63, 3.8) is 0 Å². The van der Waals surface area contributed by atoms with Gasteiger partial charge in [-0.1, -0.05) is 0 Å². The van der Waals surface area contributed by atoms with Crippen molar-refractivity contribution in [1.82, 2.24) is 0 Å². The number of hydrogen-bond donors (Lipinski definition) is 2. The van der Waals surface area contributed by atoms with Gasteiger partial charge in [0.2, 0.25) is 0 Å². The number of aliphatic hydroxyl groups excluding tert-OH is 2. The molecule has 3 nitrogen and oxygen atoms in total. The van der Waals surface area contributed by atoms with Crippen molar-refractivity contribution >= 4 is 49.0 Å². The van der Waals surface area contributed by atoms with Crippen LogP contribution in [0.15, 0.2) is 0 Å². The monoisotopic (exact) mass is 144 g/mol. The Labute approximate surface area is 82.6 Å². The van der Waals surface area contributed by atoms with E-state index in [0.29, 0.717) is 55.6 Å². The summed E-state index contributed by atoms with van der Waals surface area (Å²) < 4.78 is 4.96. The molecule has 0 spiro atoms. The first-order chi connectivity index (χ1) is 3.81. The van der Waals surface area contributed by atoms with Gasteiger partial charge in [0.25, 0.3) is 0 Å². The second kappa shape index (κ2) is 6.63. The third kappa shape index (κ3) is 5.65. The van der Waals surface area contributed by atoms with E-state index in [-0.39, 0.29) is 13.4 Å². The van der Waals surface area contributed by atoms with Gasteiger partial charge in [0, 0.05) is 0 Å². The Bertz CT molecular complexity index is 50.5. The second-order valence-electron chi connectivity index (χ2n) is 1.59. The van der Waals surface area contributed by atoms with Crippen molar-refractivity contribution in [3.8, 4) is 0 Å². The summed E-state index contributed by atoms with van der Waals surface area (Å²) in [6.45, 7) is 0.500. The van der Waals surface area contributed by atoms with Crippen LogP contribution in [0, 0.1) is 0 Å². The van der Waals surface area contributed by atoms with E-state index in [0.717, 1.165) is 0 Å². The zero-order valence-electron chi connectivity index (χ0n) is 5.00. The molecule has 0 heterocycles. The van der Waals surface area contributed by atoms with Gasteiger partial charge >= 0.3 is 83.9 Å². The maximum absolute atomic E-state index is 8.40. The first kappa shape index (κ1) is 9.52. The molecule has 1 unspecified atom stereocenters. The molecule has 0 aliphatic heterocycles. The predicted octanol–water partition coefficient (Wildman–Crippen LogP) is -1.52. The first-order valence-electron chi connectivity index (χ1n) is 2.64. The van der Waals surface area contributed by atoms with E-state index in [1.165, 1.54) is 0 Å². The van der Waals surface area contributed by atoms with E-state index in [2.05, 4.69) is 0 Å². The summed E-state index contributed by atoms with van der Waals surface area (Å²) in [5.74, 6) is 0. The summed E-state index contributed by atoms with van der Waals surface area (Å²) in [5, 5.41) is 16.6. The van der Waals surface area contributed by atoms with Crippen LogP contribution in [0.1, 0.15) is 0 Å². The molecule has 0 aliphatic rings. The summed E-state index contributed by atoms with van der Waals surface area (Å²) in [6, 6.07) is 0. The van der Waals surface area contributed by atoms with Crippen LogP contribution in [0.25, 0.3) is 0 Å². The van der Waals surface area contributed by atoms with Gasteiger partial charge in [0.15, 0.2) is 0 Å². The summed E-state index contributed by atoms with van der Waals surface area (Å²) in [5.41, 5.74) is 0. The molecule has 0 bridgehead atoms. The fraction of sp³-hybridized carbons (Fsp3) is 1.00. The zero-order valence-corrected chi connectivity index (χ0v) is 8.12. The molecule has 0 fully saturated rings. The molecule has 4 heteroatoms. The van der Waals surface area contributed by atoms with E-state index in [1.807, 2.05) is 0 Å². The fourth-order valence-electron chi connectivity index (χ4n) is 0.307. The van der Waals surface area contributed by atoms with E-state index < -0.39 is 0 Å². The van der Waals surface area contributed by atoms with Gasteiger partial charge in [-0.05, 0) is 0 Å². The van der Waals surface area contributed by atoms with Crippen LogP contribution in [0.5, 0.6) is 0 Å². The molecular weight excluding hydrogens is 135 g/mol. The average molecular weight is 144 g/mol. The Hall–Kier alpha value is 1.52. The van der Waals surface area contributed by atoms with Gasteiger partial charge in [0.1, 0.15) is 0 Å². The molecule has 8 heavy (non-hydrogen) atoms. The second-order valence-corrected chi connectivity index (χ2v) is 3.60. The third-order valence-electron chi connectivity index (χ3n) is 0.751. The number of rotatable bonds is 4. The van der Waals surface area contributed by atoms with Gasteiger partial charge < -0.3 is 0 Å². The fourth-order valence-corrected chi connectivity index (χ4v) is 0.675. The van der Waals surface area contributed by atoms with E-state index in [4.69, 9.17) is 14.9 Å². The number of aliphatic hydroxyl groups is 2. The molecule has 0 saturated carbocycles. The Morgan fingerprint density at radius 2 is 2.12 bits per heavy atom. The minimum atomic E-state index is 0.0367. The van der Waals surface area contributed by atoms with Gasteiger partial charge in [0.05, 0.1) is 0 Å². The molecule has 0 aromatic heterocycles. The molecule has 1 atom stereocenters. The molecule has 0 rings (SSSR count). The van der Waals surface area contributed by atoms with Crippen molar-refractivity contribution in [2.75, 3.05) is 19.8 Å². The van der Waals surface area contributed by atoms with Crippen molar-refractivity contribution in [3.05, 3.63) is 0 Å². The standard InChI is InChI=1S/C4H9O3.K/c5-1-3-7-4-2-6;/h3,5-6H,1-2,4H2;. The summed E-state index contributed by atoms with van der Waals surface area (Å²) >= 11 is 0.497. The Kier molecular flexibility index (Phi) is 7.89. The normalized spacial score (nSPS) is 14.0. The zero-order chi connectivity index (χ0) is 6.41. The maximum atomic E-state index is 8.40. The molecule has 0 saturated heterocycles. The molecule has 0 amide bonds. The third-order valence-corrected chi connectivity index (χ3v) is 1.84. The molecule has 0 aromatic carbocycles. The number of ether oxygens (including phenoxy) is 1. The van der Waals surface area contributed by atoms with E-state index in [9.17, 15) is 0 Å². The molecule has 0 aromatic rings. The molecule has 44 valence electrons. The average Bonchev–Trinajstić information content (AvgIpc) is 1.83. The van der Waals surface area contributed by atoms with Crippen LogP contribution in [-0.2, 0) is 4.74 Å². The van der Waals surface area contributed by atoms with Crippen LogP contribution >= 0.6 is 0 Å². The molecule has 2 N–H and O–H groups in total. The topological polar surface area (TPSA) is 49.7 Å². The van der Waals surface area contributed by atoms with Crippen LogP contribution in [0.3, 0.4) is 0 Å². The van der Waals surface area contributed by atoms with Gasteiger partial charge in [-0.3, -0.25) is 0 Å². The Balaban J connectivity index is 2.86. The van der Waals surface area contributed by atoms with Gasteiger partial charge in [-0.2, -0.15) is 0 Å². The van der Waals surface area contributed by atoms with Gasteiger partial charge in [-0.15, -0.1) is 0 Å². The minimum absolute atomic E-state index is 0.0367. The van der Waals surface area contributed by atoms with Crippen molar-refractivity contribution < 1.29 is 14.9 Å². The van der Waals surface area contributed by atoms with Gasteiger partial charge in [-0.25, -0.2) is 0 Å². The molecule has 0 aliphatic carbocycles.